The number of rotatable bonds is 4. The Balaban J connectivity index is 1.76. The van der Waals surface area contributed by atoms with Crippen LogP contribution >= 0.6 is 0 Å². The number of aryl methyl sites for hydroxylation is 1. The highest BCUT2D eigenvalue weighted by molar-refractivity contribution is 7.95. The first-order valence-electron chi connectivity index (χ1n) is 7.21. The SMILES string of the molecule is O=C1CCc2cc(NS(=O)(=O)/C=C/c3ccccc3)ccc2N1. The van der Waals surface area contributed by atoms with Gasteiger partial charge in [0.05, 0.1) is 5.41 Å². The number of carbonyl (C=O) groups excluding carboxylic acids is 1. The van der Waals surface area contributed by atoms with Crippen LogP contribution in [0.4, 0.5) is 11.4 Å². The van der Waals surface area contributed by atoms with Crippen LogP contribution < -0.4 is 10.0 Å². The standard InChI is InChI=1S/C17H16N2O3S/c20-17-9-6-14-12-15(7-8-16(14)18-17)19-23(21,22)11-10-13-4-2-1-3-5-13/h1-5,7-8,10-12,19H,6,9H2,(H,18,20)/b11-10+. The lowest BCUT2D eigenvalue weighted by atomic mass is 10.0. The van der Waals surface area contributed by atoms with Gasteiger partial charge in [0.1, 0.15) is 0 Å². The Labute approximate surface area is 135 Å². The van der Waals surface area contributed by atoms with Crippen LogP contribution in [0.5, 0.6) is 0 Å². The molecule has 0 spiro atoms. The second-order valence-corrected chi connectivity index (χ2v) is 6.85. The van der Waals surface area contributed by atoms with E-state index in [-0.39, 0.29) is 5.91 Å². The molecule has 2 N–H and O–H groups in total. The van der Waals surface area contributed by atoms with Gasteiger partial charge < -0.3 is 5.32 Å². The molecule has 6 heteroatoms. The summed E-state index contributed by atoms with van der Waals surface area (Å²) < 4.78 is 26.8. The van der Waals surface area contributed by atoms with Crippen molar-refractivity contribution in [3.05, 3.63) is 65.1 Å². The van der Waals surface area contributed by atoms with E-state index in [1.54, 1.807) is 24.3 Å². The summed E-state index contributed by atoms with van der Waals surface area (Å²) in [5.74, 6) is -0.0170. The predicted molar refractivity (Wildman–Crippen MR) is 91.4 cm³/mol. The third kappa shape index (κ3) is 3.98. The topological polar surface area (TPSA) is 75.3 Å². The van der Waals surface area contributed by atoms with Crippen LogP contribution in [0.3, 0.4) is 0 Å². The maximum absolute atomic E-state index is 12.1. The number of hydrogen-bond acceptors (Lipinski definition) is 3. The van der Waals surface area contributed by atoms with Crippen molar-refractivity contribution in [3.8, 4) is 0 Å². The van der Waals surface area contributed by atoms with E-state index < -0.39 is 10.0 Å². The molecule has 0 saturated heterocycles. The highest BCUT2D eigenvalue weighted by Gasteiger charge is 2.15. The Bertz CT molecular complexity index is 859. The largest absolute Gasteiger partial charge is 0.326 e. The number of anilines is 2. The maximum Gasteiger partial charge on any atom is 0.255 e. The van der Waals surface area contributed by atoms with E-state index in [1.807, 2.05) is 30.3 Å². The Morgan fingerprint density at radius 1 is 1.04 bits per heavy atom. The van der Waals surface area contributed by atoms with Crippen LogP contribution in [0.25, 0.3) is 6.08 Å². The minimum absolute atomic E-state index is 0.0170. The van der Waals surface area contributed by atoms with Crippen molar-refractivity contribution in [2.24, 2.45) is 0 Å². The van der Waals surface area contributed by atoms with E-state index >= 15 is 0 Å². The lowest BCUT2D eigenvalue weighted by Gasteiger charge is -2.17. The molecule has 118 valence electrons. The monoisotopic (exact) mass is 328 g/mol. The zero-order valence-electron chi connectivity index (χ0n) is 12.3. The number of sulfonamides is 1. The fraction of sp³-hybridized carbons (Fsp3) is 0.118. The summed E-state index contributed by atoms with van der Waals surface area (Å²) in [5, 5.41) is 3.91. The fourth-order valence-electron chi connectivity index (χ4n) is 2.38. The molecule has 23 heavy (non-hydrogen) atoms. The summed E-state index contributed by atoms with van der Waals surface area (Å²) in [6.45, 7) is 0. The third-order valence-electron chi connectivity index (χ3n) is 3.50. The second kappa shape index (κ2) is 6.26. The summed E-state index contributed by atoms with van der Waals surface area (Å²) in [6, 6.07) is 14.3. The van der Waals surface area contributed by atoms with E-state index in [2.05, 4.69) is 10.0 Å². The summed E-state index contributed by atoms with van der Waals surface area (Å²) in [7, 11) is -3.59. The summed E-state index contributed by atoms with van der Waals surface area (Å²) >= 11 is 0. The molecular weight excluding hydrogens is 312 g/mol. The molecule has 5 nitrogen and oxygen atoms in total. The molecule has 2 aromatic rings. The normalized spacial score (nSPS) is 14.3. The summed E-state index contributed by atoms with van der Waals surface area (Å²) in [4.78, 5) is 11.3. The van der Waals surface area contributed by atoms with Gasteiger partial charge in [-0.05, 0) is 41.8 Å². The van der Waals surface area contributed by atoms with Crippen LogP contribution in [0.15, 0.2) is 53.9 Å². The minimum Gasteiger partial charge on any atom is -0.326 e. The molecule has 0 aromatic heterocycles. The Kier molecular flexibility index (Phi) is 4.16. The minimum atomic E-state index is -3.59. The number of nitrogens with one attached hydrogen (secondary N) is 2. The first-order chi connectivity index (χ1) is 11.0. The van der Waals surface area contributed by atoms with Gasteiger partial charge in [-0.1, -0.05) is 30.3 Å². The highest BCUT2D eigenvalue weighted by atomic mass is 32.2. The fourth-order valence-corrected chi connectivity index (χ4v) is 3.24. The lowest BCUT2D eigenvalue weighted by molar-refractivity contribution is -0.116. The zero-order chi connectivity index (χ0) is 16.3. The van der Waals surface area contributed by atoms with Crippen LogP contribution in [0.1, 0.15) is 17.5 Å². The van der Waals surface area contributed by atoms with E-state index in [0.717, 1.165) is 22.2 Å². The molecule has 0 atom stereocenters. The molecule has 0 bridgehead atoms. The molecule has 1 amide bonds. The third-order valence-corrected chi connectivity index (χ3v) is 4.51. The molecule has 0 radical (unpaired) electrons. The number of benzene rings is 2. The number of hydrogen-bond donors (Lipinski definition) is 2. The van der Waals surface area contributed by atoms with E-state index in [4.69, 9.17) is 0 Å². The van der Waals surface area contributed by atoms with Crippen LogP contribution in [0, 0.1) is 0 Å². The van der Waals surface area contributed by atoms with E-state index in [9.17, 15) is 13.2 Å². The van der Waals surface area contributed by atoms with Gasteiger partial charge in [0.2, 0.25) is 5.91 Å². The van der Waals surface area contributed by atoms with Gasteiger partial charge in [-0.15, -0.1) is 0 Å². The molecular formula is C17H16N2O3S. The lowest BCUT2D eigenvalue weighted by Crippen LogP contribution is -2.19. The molecule has 0 saturated carbocycles. The van der Waals surface area contributed by atoms with Crippen molar-refractivity contribution in [3.63, 3.8) is 0 Å². The second-order valence-electron chi connectivity index (χ2n) is 5.28. The molecule has 1 heterocycles. The Morgan fingerprint density at radius 3 is 2.61 bits per heavy atom. The van der Waals surface area contributed by atoms with Crippen LogP contribution in [-0.2, 0) is 21.2 Å². The zero-order valence-corrected chi connectivity index (χ0v) is 13.1. The Hall–Kier alpha value is -2.60. The molecule has 0 fully saturated rings. The first-order valence-corrected chi connectivity index (χ1v) is 8.75. The average molecular weight is 328 g/mol. The number of amides is 1. The smallest absolute Gasteiger partial charge is 0.255 e. The van der Waals surface area contributed by atoms with Crippen LogP contribution in [-0.4, -0.2) is 14.3 Å². The molecule has 3 rings (SSSR count). The van der Waals surface area contributed by atoms with Crippen molar-refractivity contribution in [1.29, 1.82) is 0 Å². The number of fused-ring (bicyclic) bond motifs is 1. The van der Waals surface area contributed by atoms with Crippen LogP contribution in [0.2, 0.25) is 0 Å². The van der Waals surface area contributed by atoms with Crippen molar-refractivity contribution in [1.82, 2.24) is 0 Å². The Morgan fingerprint density at radius 2 is 1.83 bits per heavy atom. The van der Waals surface area contributed by atoms with Crippen molar-refractivity contribution >= 4 is 33.4 Å². The molecule has 0 aliphatic carbocycles. The highest BCUT2D eigenvalue weighted by Crippen LogP contribution is 2.26. The summed E-state index contributed by atoms with van der Waals surface area (Å²) in [5.41, 5.74) is 2.96. The molecule has 2 aromatic carbocycles. The number of carbonyl (C=O) groups is 1. The first kappa shape index (κ1) is 15.3. The van der Waals surface area contributed by atoms with Gasteiger partial charge in [0.15, 0.2) is 0 Å². The molecule has 1 aliphatic rings. The quantitative estimate of drug-likeness (QED) is 0.906. The van der Waals surface area contributed by atoms with E-state index in [1.165, 1.54) is 0 Å². The van der Waals surface area contributed by atoms with E-state index in [0.29, 0.717) is 18.5 Å². The molecule has 1 aliphatic heterocycles. The summed E-state index contributed by atoms with van der Waals surface area (Å²) in [6.07, 6.45) is 2.56. The van der Waals surface area contributed by atoms with Gasteiger partial charge in [-0.25, -0.2) is 8.42 Å². The van der Waals surface area contributed by atoms with Gasteiger partial charge in [-0.2, -0.15) is 0 Å². The van der Waals surface area contributed by atoms with Crippen molar-refractivity contribution in [2.45, 2.75) is 12.8 Å². The van der Waals surface area contributed by atoms with Gasteiger partial charge >= 0.3 is 0 Å². The average Bonchev–Trinajstić information content (AvgIpc) is 2.54. The van der Waals surface area contributed by atoms with Gasteiger partial charge in [0.25, 0.3) is 10.0 Å². The molecule has 0 unspecified atom stereocenters. The van der Waals surface area contributed by atoms with Gasteiger partial charge in [0, 0.05) is 17.8 Å². The predicted octanol–water partition coefficient (Wildman–Crippen LogP) is 2.98. The van der Waals surface area contributed by atoms with Crippen molar-refractivity contribution in [2.75, 3.05) is 10.0 Å². The van der Waals surface area contributed by atoms with Gasteiger partial charge in [-0.3, -0.25) is 9.52 Å². The van der Waals surface area contributed by atoms with Crippen molar-refractivity contribution < 1.29 is 13.2 Å². The maximum atomic E-state index is 12.1.